The average Bonchev–Trinajstić information content (AvgIpc) is 2.99. The number of ether oxygens (including phenoxy) is 1. The summed E-state index contributed by atoms with van der Waals surface area (Å²) in [6.45, 7) is 10.4. The van der Waals surface area contributed by atoms with Crippen LogP contribution in [0.1, 0.15) is 42.0 Å². The van der Waals surface area contributed by atoms with Crippen molar-refractivity contribution in [1.29, 1.82) is 0 Å². The van der Waals surface area contributed by atoms with Crippen LogP contribution in [0, 0.1) is 26.7 Å². The van der Waals surface area contributed by atoms with Crippen molar-refractivity contribution in [1.82, 2.24) is 9.80 Å². The molecule has 2 aromatic carbocycles. The predicted octanol–water partition coefficient (Wildman–Crippen LogP) is 4.50. The zero-order valence-electron chi connectivity index (χ0n) is 19.5. The number of benzene rings is 2. The molecule has 2 aliphatic heterocycles. The van der Waals surface area contributed by atoms with E-state index in [0.717, 1.165) is 53.9 Å². The molecule has 2 aliphatic rings. The van der Waals surface area contributed by atoms with E-state index in [0.29, 0.717) is 17.2 Å². The van der Waals surface area contributed by atoms with Gasteiger partial charge in [0.25, 0.3) is 11.8 Å². The Morgan fingerprint density at radius 1 is 0.875 bits per heavy atom. The minimum Gasteiger partial charge on any atom is -0.492 e. The molecule has 168 valence electrons. The molecule has 0 atom stereocenters. The summed E-state index contributed by atoms with van der Waals surface area (Å²) in [5.41, 5.74) is 5.25. The highest BCUT2D eigenvalue weighted by Crippen LogP contribution is 2.34. The zero-order chi connectivity index (χ0) is 22.8. The van der Waals surface area contributed by atoms with E-state index in [9.17, 15) is 9.59 Å². The fraction of sp³-hybridized carbons (Fsp3) is 0.407. The van der Waals surface area contributed by atoms with Gasteiger partial charge in [-0.05, 0) is 68.4 Å². The van der Waals surface area contributed by atoms with Crippen LogP contribution in [0.4, 0.5) is 0 Å². The lowest BCUT2D eigenvalue weighted by Crippen LogP contribution is -2.39. The molecule has 0 aromatic heterocycles. The van der Waals surface area contributed by atoms with Gasteiger partial charge in [-0.25, -0.2) is 0 Å². The van der Waals surface area contributed by atoms with E-state index in [1.807, 2.05) is 57.2 Å². The number of nitrogens with zero attached hydrogens (tertiary/aromatic N) is 2. The van der Waals surface area contributed by atoms with Gasteiger partial charge in [0.05, 0.1) is 12.1 Å². The standard InChI is InChI=1S/C27H32N2O3/c1-18-5-7-22(8-6-18)24-25(28-11-9-19(2)10-12-28)27(31)29(26(24)30)13-14-32-23-16-20(3)15-21(4)17-23/h5-8,15-17,19H,9-14H2,1-4H3. The summed E-state index contributed by atoms with van der Waals surface area (Å²) in [6, 6.07) is 13.9. The SMILES string of the molecule is Cc1ccc(C2=C(N3CCC(C)CC3)C(=O)N(CCOc3cc(C)cc(C)c3)C2=O)cc1. The van der Waals surface area contributed by atoms with E-state index in [1.165, 1.54) is 4.90 Å². The molecule has 2 amide bonds. The number of aryl methyl sites for hydroxylation is 3. The van der Waals surface area contributed by atoms with Crippen LogP contribution in [0.15, 0.2) is 48.2 Å². The van der Waals surface area contributed by atoms with Crippen LogP contribution >= 0.6 is 0 Å². The maximum Gasteiger partial charge on any atom is 0.277 e. The number of likely N-dealkylation sites (tertiary alicyclic amines) is 1. The summed E-state index contributed by atoms with van der Waals surface area (Å²) in [6.07, 6.45) is 2.06. The lowest BCUT2D eigenvalue weighted by Gasteiger charge is -2.32. The molecule has 1 fully saturated rings. The van der Waals surface area contributed by atoms with Crippen LogP contribution in [0.2, 0.25) is 0 Å². The van der Waals surface area contributed by atoms with Crippen LogP contribution in [-0.2, 0) is 9.59 Å². The normalized spacial score (nSPS) is 17.5. The molecule has 0 spiro atoms. The Balaban J connectivity index is 1.56. The van der Waals surface area contributed by atoms with E-state index in [2.05, 4.69) is 17.9 Å². The van der Waals surface area contributed by atoms with E-state index >= 15 is 0 Å². The summed E-state index contributed by atoms with van der Waals surface area (Å²) >= 11 is 0. The minimum absolute atomic E-state index is 0.204. The van der Waals surface area contributed by atoms with Gasteiger partial charge in [-0.2, -0.15) is 0 Å². The Labute approximate surface area is 190 Å². The van der Waals surface area contributed by atoms with Crippen LogP contribution in [0.25, 0.3) is 5.57 Å². The number of rotatable bonds is 6. The van der Waals surface area contributed by atoms with Crippen molar-refractivity contribution in [2.24, 2.45) is 5.92 Å². The first-order chi connectivity index (χ1) is 15.3. The third kappa shape index (κ3) is 4.57. The molecule has 0 N–H and O–H groups in total. The van der Waals surface area contributed by atoms with Crippen molar-refractivity contribution in [3.05, 3.63) is 70.4 Å². The highest BCUT2D eigenvalue weighted by atomic mass is 16.5. The van der Waals surface area contributed by atoms with E-state index < -0.39 is 0 Å². The highest BCUT2D eigenvalue weighted by molar-refractivity contribution is 6.35. The van der Waals surface area contributed by atoms with E-state index in [4.69, 9.17) is 4.74 Å². The summed E-state index contributed by atoms with van der Waals surface area (Å²) in [7, 11) is 0. The molecule has 5 heteroatoms. The molecule has 1 saturated heterocycles. The van der Waals surface area contributed by atoms with Crippen molar-refractivity contribution in [3.63, 3.8) is 0 Å². The molecule has 5 nitrogen and oxygen atoms in total. The number of carbonyl (C=O) groups excluding carboxylic acids is 2. The van der Waals surface area contributed by atoms with Gasteiger partial charge in [-0.1, -0.05) is 42.8 Å². The molecule has 0 radical (unpaired) electrons. The first-order valence-electron chi connectivity index (χ1n) is 11.5. The molecule has 0 aliphatic carbocycles. The molecular formula is C27H32N2O3. The topological polar surface area (TPSA) is 49.9 Å². The third-order valence-electron chi connectivity index (χ3n) is 6.36. The molecule has 4 rings (SSSR count). The van der Waals surface area contributed by atoms with Crippen molar-refractivity contribution >= 4 is 17.4 Å². The van der Waals surface area contributed by atoms with Crippen molar-refractivity contribution in [2.45, 2.75) is 40.5 Å². The van der Waals surface area contributed by atoms with Gasteiger partial charge in [0.1, 0.15) is 18.1 Å². The molecule has 2 heterocycles. The number of imide groups is 1. The smallest absolute Gasteiger partial charge is 0.277 e. The summed E-state index contributed by atoms with van der Waals surface area (Å²) in [4.78, 5) is 30.3. The molecule has 2 aromatic rings. The van der Waals surface area contributed by atoms with Gasteiger partial charge in [0.2, 0.25) is 0 Å². The summed E-state index contributed by atoms with van der Waals surface area (Å²) in [5.74, 6) is 0.975. The Morgan fingerprint density at radius 3 is 2.12 bits per heavy atom. The first kappa shape index (κ1) is 22.1. The van der Waals surface area contributed by atoms with Gasteiger partial charge in [-0.15, -0.1) is 0 Å². The Kier molecular flexibility index (Phi) is 6.35. The molecule has 0 bridgehead atoms. The fourth-order valence-electron chi connectivity index (χ4n) is 4.54. The second-order valence-electron chi connectivity index (χ2n) is 9.19. The largest absolute Gasteiger partial charge is 0.492 e. The second-order valence-corrected chi connectivity index (χ2v) is 9.19. The lowest BCUT2D eigenvalue weighted by molar-refractivity contribution is -0.138. The maximum atomic E-state index is 13.4. The minimum atomic E-state index is -0.225. The first-order valence-corrected chi connectivity index (χ1v) is 11.5. The fourth-order valence-corrected chi connectivity index (χ4v) is 4.54. The summed E-state index contributed by atoms with van der Waals surface area (Å²) in [5, 5.41) is 0. The number of piperidine rings is 1. The van der Waals surface area contributed by atoms with Crippen molar-refractivity contribution in [2.75, 3.05) is 26.2 Å². The van der Waals surface area contributed by atoms with Crippen LogP contribution in [0.3, 0.4) is 0 Å². The quantitative estimate of drug-likeness (QED) is 0.631. The van der Waals surface area contributed by atoms with Gasteiger partial charge in [-0.3, -0.25) is 14.5 Å². The van der Waals surface area contributed by atoms with Gasteiger partial charge in [0, 0.05) is 13.1 Å². The molecule has 32 heavy (non-hydrogen) atoms. The Bertz CT molecular complexity index is 1030. The number of amides is 2. The van der Waals surface area contributed by atoms with Crippen LogP contribution < -0.4 is 4.74 Å². The Morgan fingerprint density at radius 2 is 1.50 bits per heavy atom. The zero-order valence-corrected chi connectivity index (χ0v) is 19.5. The van der Waals surface area contributed by atoms with Gasteiger partial charge < -0.3 is 9.64 Å². The molecule has 0 unspecified atom stereocenters. The highest BCUT2D eigenvalue weighted by Gasteiger charge is 2.41. The van der Waals surface area contributed by atoms with Crippen LogP contribution in [-0.4, -0.2) is 47.9 Å². The van der Waals surface area contributed by atoms with Gasteiger partial charge in [0.15, 0.2) is 0 Å². The lowest BCUT2D eigenvalue weighted by atomic mass is 9.97. The van der Waals surface area contributed by atoms with E-state index in [1.54, 1.807) is 0 Å². The van der Waals surface area contributed by atoms with Crippen LogP contribution in [0.5, 0.6) is 5.75 Å². The predicted molar refractivity (Wildman–Crippen MR) is 126 cm³/mol. The number of hydrogen-bond acceptors (Lipinski definition) is 4. The summed E-state index contributed by atoms with van der Waals surface area (Å²) < 4.78 is 5.90. The maximum absolute atomic E-state index is 13.4. The monoisotopic (exact) mass is 432 g/mol. The van der Waals surface area contributed by atoms with Crippen molar-refractivity contribution in [3.8, 4) is 5.75 Å². The molecule has 0 saturated carbocycles. The number of hydrogen-bond donors (Lipinski definition) is 0. The van der Waals surface area contributed by atoms with Crippen molar-refractivity contribution < 1.29 is 14.3 Å². The third-order valence-corrected chi connectivity index (χ3v) is 6.36. The average molecular weight is 433 g/mol. The molecular weight excluding hydrogens is 400 g/mol. The Hall–Kier alpha value is -3.08. The number of carbonyl (C=O) groups is 2. The van der Waals surface area contributed by atoms with E-state index in [-0.39, 0.29) is 25.0 Å². The van der Waals surface area contributed by atoms with Gasteiger partial charge >= 0.3 is 0 Å². The second kappa shape index (κ2) is 9.19.